The maximum Gasteiger partial charge on any atom is 0.135 e. The number of fused-ring (bicyclic) bond motifs is 6. The van der Waals surface area contributed by atoms with Crippen molar-refractivity contribution >= 4 is 49.1 Å². The van der Waals surface area contributed by atoms with Crippen LogP contribution in [0, 0.1) is 11.8 Å². The second-order valence-electron chi connectivity index (χ2n) is 13.2. The summed E-state index contributed by atoms with van der Waals surface area (Å²) < 4.78 is 6.09. The van der Waals surface area contributed by atoms with Gasteiger partial charge in [-0.2, -0.15) is 0 Å². The number of hydrogen-bond donors (Lipinski definition) is 0. The van der Waals surface area contributed by atoms with E-state index < -0.39 is 0 Å². The zero-order valence-corrected chi connectivity index (χ0v) is 26.9. The van der Waals surface area contributed by atoms with Gasteiger partial charge in [0.15, 0.2) is 0 Å². The quantitative estimate of drug-likeness (QED) is 0.178. The fourth-order valence-electron chi connectivity index (χ4n) is 8.15. The molecule has 2 aliphatic rings. The molecule has 230 valence electrons. The van der Waals surface area contributed by atoms with Crippen molar-refractivity contribution in [1.82, 2.24) is 0 Å². The minimum absolute atomic E-state index is 0.366. The van der Waals surface area contributed by atoms with Gasteiger partial charge in [-0.05, 0) is 90.3 Å². The fourth-order valence-corrected chi connectivity index (χ4v) is 8.15. The molecule has 0 radical (unpaired) electrons. The normalized spacial score (nSPS) is 16.9. The number of para-hydroxylation sites is 1. The van der Waals surface area contributed by atoms with Gasteiger partial charge in [-0.15, -0.1) is 0 Å². The van der Waals surface area contributed by atoms with E-state index in [1.807, 2.05) is 12.1 Å². The van der Waals surface area contributed by atoms with Crippen LogP contribution in [0.5, 0.6) is 0 Å². The van der Waals surface area contributed by atoms with Crippen molar-refractivity contribution in [3.8, 4) is 33.4 Å². The first-order valence-electron chi connectivity index (χ1n) is 17.1. The van der Waals surface area contributed by atoms with Gasteiger partial charge in [-0.25, -0.2) is 0 Å². The lowest BCUT2D eigenvalue weighted by atomic mass is 9.76. The zero-order valence-electron chi connectivity index (χ0n) is 26.9. The topological polar surface area (TPSA) is 13.1 Å². The van der Waals surface area contributed by atoms with E-state index in [4.69, 9.17) is 4.42 Å². The van der Waals surface area contributed by atoms with Crippen molar-refractivity contribution in [3.05, 3.63) is 188 Å². The molecule has 2 atom stereocenters. The molecule has 1 heterocycles. The monoisotopic (exact) mass is 624 g/mol. The Hall–Kier alpha value is -6.18. The molecular weight excluding hydrogens is 593 g/mol. The summed E-state index contributed by atoms with van der Waals surface area (Å²) in [5.74, 6) is 0.777. The van der Waals surface area contributed by atoms with Crippen LogP contribution >= 0.6 is 0 Å². The van der Waals surface area contributed by atoms with Gasteiger partial charge in [-0.3, -0.25) is 0 Å². The summed E-state index contributed by atoms with van der Waals surface area (Å²) in [6, 6.07) is 50.9. The third-order valence-electron chi connectivity index (χ3n) is 10.4. The Morgan fingerprint density at radius 1 is 0.367 bits per heavy atom. The average Bonchev–Trinajstić information content (AvgIpc) is 3.55. The van der Waals surface area contributed by atoms with Crippen LogP contribution in [0.25, 0.3) is 82.4 Å². The summed E-state index contributed by atoms with van der Waals surface area (Å²) in [4.78, 5) is 0. The van der Waals surface area contributed by atoms with E-state index in [-0.39, 0.29) is 0 Å². The number of hydrogen-bond acceptors (Lipinski definition) is 1. The molecule has 0 saturated heterocycles. The Labute approximate surface area is 285 Å². The van der Waals surface area contributed by atoms with Crippen LogP contribution in [0.2, 0.25) is 0 Å². The molecule has 0 bridgehead atoms. The molecule has 0 fully saturated rings. The highest BCUT2D eigenvalue weighted by molar-refractivity contribution is 6.21. The van der Waals surface area contributed by atoms with Crippen LogP contribution in [-0.4, -0.2) is 0 Å². The van der Waals surface area contributed by atoms with Gasteiger partial charge < -0.3 is 4.42 Å². The van der Waals surface area contributed by atoms with Gasteiger partial charge >= 0.3 is 0 Å². The van der Waals surface area contributed by atoms with E-state index in [9.17, 15) is 0 Å². The first kappa shape index (κ1) is 27.9. The summed E-state index contributed by atoms with van der Waals surface area (Å²) in [5, 5.41) is 7.37. The standard InChI is InChI=1S/C48H32O/c1-2-15-37-32(11-1)12-10-21-38(37)35-13-9-14-36(29-35)48-42-19-5-3-17-40(42)47(41-18-4-6-20-43(41)48)33-25-23-31(24-26-33)34-27-28-46-44(30-34)39-16-7-8-22-45(39)49-46/h1-30,32,37H. The van der Waals surface area contributed by atoms with Crippen molar-refractivity contribution < 1.29 is 4.42 Å². The molecule has 7 aromatic carbocycles. The lowest BCUT2D eigenvalue weighted by molar-refractivity contribution is 0.669. The maximum atomic E-state index is 6.09. The molecule has 0 N–H and O–H groups in total. The number of benzene rings is 7. The highest BCUT2D eigenvalue weighted by atomic mass is 16.3. The molecule has 0 aliphatic heterocycles. The van der Waals surface area contributed by atoms with Crippen LogP contribution in [0.1, 0.15) is 5.56 Å². The molecule has 2 unspecified atom stereocenters. The molecule has 8 aromatic rings. The maximum absolute atomic E-state index is 6.09. The Bertz CT molecular complexity index is 2650. The Morgan fingerprint density at radius 3 is 1.69 bits per heavy atom. The first-order valence-corrected chi connectivity index (χ1v) is 17.1. The zero-order chi connectivity index (χ0) is 32.3. The lowest BCUT2D eigenvalue weighted by Crippen LogP contribution is -2.14. The third-order valence-corrected chi connectivity index (χ3v) is 10.4. The molecule has 0 spiro atoms. The van der Waals surface area contributed by atoms with Crippen LogP contribution in [0.4, 0.5) is 0 Å². The molecule has 0 saturated carbocycles. The fraction of sp³-hybridized carbons (Fsp3) is 0.0417. The van der Waals surface area contributed by atoms with E-state index in [0.29, 0.717) is 11.8 Å². The largest absolute Gasteiger partial charge is 0.456 e. The molecule has 10 rings (SSSR count). The smallest absolute Gasteiger partial charge is 0.135 e. The number of allylic oxidation sites excluding steroid dienone is 8. The summed E-state index contributed by atoms with van der Waals surface area (Å²) in [6.07, 6.45) is 15.8. The summed E-state index contributed by atoms with van der Waals surface area (Å²) >= 11 is 0. The van der Waals surface area contributed by atoms with Gasteiger partial charge in [0.2, 0.25) is 0 Å². The van der Waals surface area contributed by atoms with Gasteiger partial charge in [0, 0.05) is 22.6 Å². The average molecular weight is 625 g/mol. The van der Waals surface area contributed by atoms with Crippen LogP contribution in [-0.2, 0) is 0 Å². The summed E-state index contributed by atoms with van der Waals surface area (Å²) in [7, 11) is 0. The highest BCUT2D eigenvalue weighted by Gasteiger charge is 2.24. The minimum atomic E-state index is 0.366. The van der Waals surface area contributed by atoms with Crippen molar-refractivity contribution in [3.63, 3.8) is 0 Å². The number of rotatable bonds is 4. The van der Waals surface area contributed by atoms with E-state index in [1.165, 1.54) is 66.1 Å². The Kier molecular flexibility index (Phi) is 6.38. The second kappa shape index (κ2) is 11.2. The summed E-state index contributed by atoms with van der Waals surface area (Å²) in [6.45, 7) is 0. The van der Waals surface area contributed by atoms with E-state index >= 15 is 0 Å². The first-order chi connectivity index (χ1) is 24.3. The van der Waals surface area contributed by atoms with Gasteiger partial charge in [0.1, 0.15) is 11.2 Å². The number of furan rings is 1. The van der Waals surface area contributed by atoms with Gasteiger partial charge in [-0.1, -0.05) is 158 Å². The van der Waals surface area contributed by atoms with E-state index in [1.54, 1.807) is 0 Å². The molecule has 2 aliphatic carbocycles. The predicted molar refractivity (Wildman–Crippen MR) is 207 cm³/mol. The summed E-state index contributed by atoms with van der Waals surface area (Å²) in [5.41, 5.74) is 11.9. The van der Waals surface area contributed by atoms with Crippen molar-refractivity contribution in [2.45, 2.75) is 0 Å². The Morgan fingerprint density at radius 2 is 0.939 bits per heavy atom. The van der Waals surface area contributed by atoms with E-state index in [0.717, 1.165) is 21.9 Å². The lowest BCUT2D eigenvalue weighted by Gasteiger charge is -2.27. The molecule has 1 aromatic heterocycles. The predicted octanol–water partition coefficient (Wildman–Crippen LogP) is 13.2. The molecule has 1 heteroatoms. The highest BCUT2D eigenvalue weighted by Crippen LogP contribution is 2.45. The second-order valence-corrected chi connectivity index (χ2v) is 13.2. The molecule has 0 amide bonds. The van der Waals surface area contributed by atoms with Crippen LogP contribution < -0.4 is 0 Å². The SMILES string of the molecule is C1=CC2C=CC=C(c3cccc(-c4c5ccccc5c(-c5ccc(-c6ccc7oc8ccccc8c7c6)cc5)c5ccccc45)c3)C2C=C1. The molecule has 1 nitrogen and oxygen atoms in total. The van der Waals surface area contributed by atoms with Gasteiger partial charge in [0.25, 0.3) is 0 Å². The van der Waals surface area contributed by atoms with Crippen LogP contribution in [0.15, 0.2) is 186 Å². The third kappa shape index (κ3) is 4.54. The van der Waals surface area contributed by atoms with Crippen molar-refractivity contribution in [2.75, 3.05) is 0 Å². The van der Waals surface area contributed by atoms with Crippen molar-refractivity contribution in [2.24, 2.45) is 11.8 Å². The van der Waals surface area contributed by atoms with E-state index in [2.05, 4.69) is 170 Å². The molecule has 49 heavy (non-hydrogen) atoms. The minimum Gasteiger partial charge on any atom is -0.456 e. The van der Waals surface area contributed by atoms with Crippen LogP contribution in [0.3, 0.4) is 0 Å². The molecular formula is C48H32O. The Balaban J connectivity index is 1.11. The van der Waals surface area contributed by atoms with Gasteiger partial charge in [0.05, 0.1) is 0 Å². The van der Waals surface area contributed by atoms with Crippen molar-refractivity contribution in [1.29, 1.82) is 0 Å².